The lowest BCUT2D eigenvalue weighted by atomic mass is 10.2. The van der Waals surface area contributed by atoms with Crippen LogP contribution in [0, 0.1) is 17.0 Å². The third-order valence-electron chi connectivity index (χ3n) is 2.66. The average molecular weight is 262 g/mol. The van der Waals surface area contributed by atoms with Gasteiger partial charge in [0, 0.05) is 12.6 Å². The van der Waals surface area contributed by atoms with Crippen LogP contribution in [-0.2, 0) is 6.42 Å². The fraction of sp³-hybridized carbons (Fsp3) is 0.231. The van der Waals surface area contributed by atoms with E-state index in [0.717, 1.165) is 12.0 Å². The van der Waals surface area contributed by atoms with E-state index in [1.54, 1.807) is 23.5 Å². The summed E-state index contributed by atoms with van der Waals surface area (Å²) in [4.78, 5) is 10.6. The zero-order valence-corrected chi connectivity index (χ0v) is 10.9. The maximum absolute atomic E-state index is 10.9. The molecule has 1 aromatic heterocycles. The molecule has 0 bridgehead atoms. The van der Waals surface area contributed by atoms with Gasteiger partial charge in [0.15, 0.2) is 0 Å². The van der Waals surface area contributed by atoms with Gasteiger partial charge in [0.1, 0.15) is 5.69 Å². The zero-order valence-electron chi connectivity index (χ0n) is 10.1. The molecular weight excluding hydrogens is 248 g/mol. The molecule has 0 fully saturated rings. The fourth-order valence-corrected chi connectivity index (χ4v) is 2.42. The van der Waals surface area contributed by atoms with Gasteiger partial charge in [-0.3, -0.25) is 10.1 Å². The number of nitro groups is 1. The van der Waals surface area contributed by atoms with Gasteiger partial charge < -0.3 is 5.32 Å². The highest BCUT2D eigenvalue weighted by atomic mass is 32.1. The normalized spacial score (nSPS) is 10.3. The van der Waals surface area contributed by atoms with Crippen molar-refractivity contribution in [3.05, 3.63) is 56.3 Å². The van der Waals surface area contributed by atoms with Gasteiger partial charge in [0.05, 0.1) is 4.92 Å². The van der Waals surface area contributed by atoms with Crippen molar-refractivity contribution < 1.29 is 4.92 Å². The summed E-state index contributed by atoms with van der Waals surface area (Å²) in [7, 11) is 0. The smallest absolute Gasteiger partial charge is 0.292 e. The predicted octanol–water partition coefficient (Wildman–Crippen LogP) is 3.62. The molecule has 0 amide bonds. The molecule has 0 aliphatic heterocycles. The van der Waals surface area contributed by atoms with E-state index in [1.807, 2.05) is 18.4 Å². The molecular formula is C13H14N2O2S. The average Bonchev–Trinajstić information content (AvgIpc) is 2.84. The number of rotatable bonds is 5. The van der Waals surface area contributed by atoms with Crippen LogP contribution in [0.15, 0.2) is 35.0 Å². The van der Waals surface area contributed by atoms with E-state index < -0.39 is 0 Å². The first-order valence-corrected chi connectivity index (χ1v) is 6.61. The summed E-state index contributed by atoms with van der Waals surface area (Å²) in [6.07, 6.45) is 0.870. The van der Waals surface area contributed by atoms with Crippen LogP contribution in [0.2, 0.25) is 0 Å². The Morgan fingerprint density at radius 2 is 2.22 bits per heavy atom. The second-order valence-corrected chi connectivity index (χ2v) is 4.87. The number of hydrogen-bond donors (Lipinski definition) is 1. The summed E-state index contributed by atoms with van der Waals surface area (Å²) in [5.74, 6) is 0. The molecule has 2 aromatic rings. The minimum absolute atomic E-state index is 0.139. The third-order valence-corrected chi connectivity index (χ3v) is 3.39. The monoisotopic (exact) mass is 262 g/mol. The number of nitrogens with zero attached hydrogens (tertiary/aromatic N) is 1. The molecule has 2 rings (SSSR count). The summed E-state index contributed by atoms with van der Waals surface area (Å²) in [5.41, 5.74) is 2.87. The molecule has 0 aliphatic rings. The van der Waals surface area contributed by atoms with E-state index in [0.29, 0.717) is 12.2 Å². The van der Waals surface area contributed by atoms with Crippen molar-refractivity contribution in [2.45, 2.75) is 13.3 Å². The highest BCUT2D eigenvalue weighted by Crippen LogP contribution is 2.25. The van der Waals surface area contributed by atoms with E-state index in [4.69, 9.17) is 0 Å². The Morgan fingerprint density at radius 1 is 1.39 bits per heavy atom. The number of aryl methyl sites for hydroxylation is 1. The van der Waals surface area contributed by atoms with Gasteiger partial charge in [-0.05, 0) is 47.4 Å². The van der Waals surface area contributed by atoms with E-state index in [2.05, 4.69) is 16.8 Å². The molecule has 0 saturated heterocycles. The summed E-state index contributed by atoms with van der Waals surface area (Å²) in [5, 5.41) is 18.2. The summed E-state index contributed by atoms with van der Waals surface area (Å²) < 4.78 is 0. The van der Waals surface area contributed by atoms with Crippen molar-refractivity contribution in [3.63, 3.8) is 0 Å². The van der Waals surface area contributed by atoms with Gasteiger partial charge >= 0.3 is 0 Å². The largest absolute Gasteiger partial charge is 0.379 e. The second-order valence-electron chi connectivity index (χ2n) is 4.09. The lowest BCUT2D eigenvalue weighted by molar-refractivity contribution is -0.384. The number of benzene rings is 1. The van der Waals surface area contributed by atoms with E-state index >= 15 is 0 Å². The number of nitrogens with one attached hydrogen (secondary N) is 1. The minimum Gasteiger partial charge on any atom is -0.379 e. The molecule has 0 saturated carbocycles. The van der Waals surface area contributed by atoms with Gasteiger partial charge in [-0.15, -0.1) is 0 Å². The Morgan fingerprint density at radius 3 is 2.89 bits per heavy atom. The van der Waals surface area contributed by atoms with Crippen molar-refractivity contribution in [2.75, 3.05) is 11.9 Å². The van der Waals surface area contributed by atoms with Crippen LogP contribution < -0.4 is 5.32 Å². The number of hydrogen-bond acceptors (Lipinski definition) is 4. The lowest BCUT2D eigenvalue weighted by Crippen LogP contribution is -2.06. The maximum Gasteiger partial charge on any atom is 0.292 e. The number of nitro benzene ring substituents is 1. The molecule has 94 valence electrons. The highest BCUT2D eigenvalue weighted by molar-refractivity contribution is 7.07. The number of anilines is 1. The quantitative estimate of drug-likeness (QED) is 0.661. The van der Waals surface area contributed by atoms with Crippen molar-refractivity contribution >= 4 is 22.7 Å². The SMILES string of the molecule is Cc1ccc(NCCc2ccsc2)c([N+](=O)[O-])c1. The van der Waals surface area contributed by atoms with Crippen LogP contribution in [0.1, 0.15) is 11.1 Å². The van der Waals surface area contributed by atoms with Crippen LogP contribution in [0.3, 0.4) is 0 Å². The van der Waals surface area contributed by atoms with E-state index in [-0.39, 0.29) is 10.6 Å². The van der Waals surface area contributed by atoms with Crippen LogP contribution in [-0.4, -0.2) is 11.5 Å². The van der Waals surface area contributed by atoms with Crippen molar-refractivity contribution in [2.24, 2.45) is 0 Å². The summed E-state index contributed by atoms with van der Waals surface area (Å²) in [6.45, 7) is 2.54. The molecule has 0 unspecified atom stereocenters. The van der Waals surface area contributed by atoms with Crippen molar-refractivity contribution in [1.29, 1.82) is 0 Å². The summed E-state index contributed by atoms with van der Waals surface area (Å²) in [6, 6.07) is 7.30. The molecule has 5 heteroatoms. The van der Waals surface area contributed by atoms with Gasteiger partial charge in [-0.1, -0.05) is 6.07 Å². The van der Waals surface area contributed by atoms with Gasteiger partial charge in [-0.25, -0.2) is 0 Å². The molecule has 0 aliphatic carbocycles. The molecule has 4 nitrogen and oxygen atoms in total. The topological polar surface area (TPSA) is 55.2 Å². The lowest BCUT2D eigenvalue weighted by Gasteiger charge is -2.07. The van der Waals surface area contributed by atoms with Crippen LogP contribution in [0.5, 0.6) is 0 Å². The predicted molar refractivity (Wildman–Crippen MR) is 74.3 cm³/mol. The Kier molecular flexibility index (Phi) is 3.94. The highest BCUT2D eigenvalue weighted by Gasteiger charge is 2.12. The third kappa shape index (κ3) is 3.07. The molecule has 1 aromatic carbocycles. The van der Waals surface area contributed by atoms with Crippen LogP contribution in [0.4, 0.5) is 11.4 Å². The molecule has 1 N–H and O–H groups in total. The van der Waals surface area contributed by atoms with Crippen LogP contribution in [0.25, 0.3) is 0 Å². The van der Waals surface area contributed by atoms with Gasteiger partial charge in [0.25, 0.3) is 5.69 Å². The Bertz CT molecular complexity index is 538. The maximum atomic E-state index is 10.9. The Hall–Kier alpha value is -1.88. The molecule has 18 heavy (non-hydrogen) atoms. The second kappa shape index (κ2) is 5.64. The fourth-order valence-electron chi connectivity index (χ4n) is 1.72. The van der Waals surface area contributed by atoms with E-state index in [9.17, 15) is 10.1 Å². The van der Waals surface area contributed by atoms with Crippen LogP contribution >= 0.6 is 11.3 Å². The van der Waals surface area contributed by atoms with Crippen molar-refractivity contribution in [3.8, 4) is 0 Å². The first-order chi connectivity index (χ1) is 8.66. The minimum atomic E-state index is -0.347. The molecule has 1 heterocycles. The Balaban J connectivity index is 2.02. The first-order valence-electron chi connectivity index (χ1n) is 5.67. The molecule has 0 radical (unpaired) electrons. The number of thiophene rings is 1. The zero-order chi connectivity index (χ0) is 13.0. The standard InChI is InChI=1S/C13H14N2O2S/c1-10-2-3-12(13(8-10)15(16)17)14-6-4-11-5-7-18-9-11/h2-3,5,7-9,14H,4,6H2,1H3. The van der Waals surface area contributed by atoms with E-state index in [1.165, 1.54) is 5.56 Å². The van der Waals surface area contributed by atoms with Gasteiger partial charge in [-0.2, -0.15) is 11.3 Å². The molecule has 0 atom stereocenters. The first kappa shape index (κ1) is 12.6. The van der Waals surface area contributed by atoms with Crippen molar-refractivity contribution in [1.82, 2.24) is 0 Å². The van der Waals surface area contributed by atoms with Gasteiger partial charge in [0.2, 0.25) is 0 Å². The Labute approximate surface area is 109 Å². The molecule has 0 spiro atoms. The summed E-state index contributed by atoms with van der Waals surface area (Å²) >= 11 is 1.66.